The molecule has 2 bridgehead atoms. The Labute approximate surface area is 141 Å². The number of rotatable bonds is 5. The number of carbonyl (C=O) groups is 1. The monoisotopic (exact) mass is 326 g/mol. The minimum Gasteiger partial charge on any atom is -0.496 e. The van der Waals surface area contributed by atoms with E-state index in [9.17, 15) is 4.79 Å². The molecule has 2 aliphatic rings. The quantitative estimate of drug-likeness (QED) is 0.884. The highest BCUT2D eigenvalue weighted by Crippen LogP contribution is 2.49. The molecule has 1 amide bonds. The van der Waals surface area contributed by atoms with Crippen molar-refractivity contribution in [3.63, 3.8) is 0 Å². The van der Waals surface area contributed by atoms with E-state index >= 15 is 0 Å². The smallest absolute Gasteiger partial charge is 0.249 e. The molecule has 0 aliphatic heterocycles. The van der Waals surface area contributed by atoms with Crippen LogP contribution >= 0.6 is 0 Å². The third-order valence-electron chi connectivity index (χ3n) is 5.43. The fourth-order valence-corrected chi connectivity index (χ4v) is 4.32. The number of aromatic amines is 1. The van der Waals surface area contributed by atoms with Crippen molar-refractivity contribution in [1.82, 2.24) is 15.2 Å². The number of H-pyrrole nitrogens is 1. The first kappa shape index (κ1) is 15.2. The molecule has 1 aromatic heterocycles. The summed E-state index contributed by atoms with van der Waals surface area (Å²) in [7, 11) is 1.62. The van der Waals surface area contributed by atoms with Gasteiger partial charge >= 0.3 is 0 Å². The zero-order chi connectivity index (χ0) is 16.5. The number of hydrogen-bond donors (Lipinski definition) is 2. The Morgan fingerprint density at radius 3 is 2.96 bits per heavy atom. The molecular formula is C18H22N4O2. The van der Waals surface area contributed by atoms with Crippen LogP contribution in [-0.2, 0) is 4.79 Å². The number of carbonyl (C=O) groups excluding carboxylic acids is 1. The highest BCUT2D eigenvalue weighted by atomic mass is 16.5. The topological polar surface area (TPSA) is 79.9 Å². The number of benzene rings is 1. The lowest BCUT2D eigenvalue weighted by atomic mass is 9.86. The highest BCUT2D eigenvalue weighted by molar-refractivity contribution is 5.89. The molecule has 2 saturated carbocycles. The number of nitrogens with one attached hydrogen (secondary N) is 2. The van der Waals surface area contributed by atoms with Gasteiger partial charge in [-0.05, 0) is 49.1 Å². The van der Waals surface area contributed by atoms with Crippen LogP contribution in [0.5, 0.6) is 5.75 Å². The molecule has 24 heavy (non-hydrogen) atoms. The minimum absolute atomic E-state index is 0.0122. The van der Waals surface area contributed by atoms with E-state index in [1.54, 1.807) is 7.11 Å². The second-order valence-corrected chi connectivity index (χ2v) is 6.90. The van der Waals surface area contributed by atoms with Gasteiger partial charge in [0.15, 0.2) is 5.82 Å². The molecule has 6 nitrogen and oxygen atoms in total. The molecule has 1 heterocycles. The highest BCUT2D eigenvalue weighted by Gasteiger charge is 2.40. The van der Waals surface area contributed by atoms with Crippen molar-refractivity contribution in [2.24, 2.45) is 17.8 Å². The summed E-state index contributed by atoms with van der Waals surface area (Å²) < 4.78 is 5.33. The van der Waals surface area contributed by atoms with Gasteiger partial charge in [0.05, 0.1) is 12.7 Å². The SMILES string of the molecule is COc1ccccc1-c1nc(NC(=O)C[C@H]2C[C@H]3CC[C@H]2C3)n[nH]1. The average Bonchev–Trinajstić information content (AvgIpc) is 3.31. The van der Waals surface area contributed by atoms with Crippen molar-refractivity contribution in [3.8, 4) is 17.1 Å². The van der Waals surface area contributed by atoms with E-state index in [4.69, 9.17) is 4.74 Å². The van der Waals surface area contributed by atoms with Crippen molar-refractivity contribution in [2.75, 3.05) is 12.4 Å². The number of fused-ring (bicyclic) bond motifs is 2. The normalized spacial score (nSPS) is 25.0. The van der Waals surface area contributed by atoms with Gasteiger partial charge in [-0.25, -0.2) is 0 Å². The molecular weight excluding hydrogens is 304 g/mol. The third kappa shape index (κ3) is 2.88. The van der Waals surface area contributed by atoms with Crippen LogP contribution in [0.4, 0.5) is 5.95 Å². The van der Waals surface area contributed by atoms with Crippen LogP contribution in [0, 0.1) is 17.8 Å². The predicted octanol–water partition coefficient (Wildman–Crippen LogP) is 3.25. The summed E-state index contributed by atoms with van der Waals surface area (Å²) in [4.78, 5) is 16.7. The van der Waals surface area contributed by atoms with E-state index in [1.807, 2.05) is 24.3 Å². The summed E-state index contributed by atoms with van der Waals surface area (Å²) >= 11 is 0. The molecule has 2 N–H and O–H groups in total. The van der Waals surface area contributed by atoms with E-state index in [1.165, 1.54) is 25.7 Å². The van der Waals surface area contributed by atoms with Crippen LogP contribution in [-0.4, -0.2) is 28.2 Å². The van der Waals surface area contributed by atoms with E-state index < -0.39 is 0 Å². The first-order valence-electron chi connectivity index (χ1n) is 8.58. The van der Waals surface area contributed by atoms with Gasteiger partial charge in [0, 0.05) is 6.42 Å². The summed E-state index contributed by atoms with van der Waals surface area (Å²) in [6.45, 7) is 0. The summed E-state index contributed by atoms with van der Waals surface area (Å²) in [5, 5.41) is 9.80. The van der Waals surface area contributed by atoms with Gasteiger partial charge in [-0.3, -0.25) is 15.2 Å². The van der Waals surface area contributed by atoms with Crippen LogP contribution < -0.4 is 10.1 Å². The second-order valence-electron chi connectivity index (χ2n) is 6.90. The van der Waals surface area contributed by atoms with Gasteiger partial charge in [-0.1, -0.05) is 18.6 Å². The number of aromatic nitrogens is 3. The van der Waals surface area contributed by atoms with Crippen molar-refractivity contribution in [1.29, 1.82) is 0 Å². The second kappa shape index (κ2) is 6.26. The molecule has 3 atom stereocenters. The molecule has 0 radical (unpaired) electrons. The third-order valence-corrected chi connectivity index (χ3v) is 5.43. The lowest BCUT2D eigenvalue weighted by Crippen LogP contribution is -2.20. The lowest BCUT2D eigenvalue weighted by Gasteiger charge is -2.20. The van der Waals surface area contributed by atoms with Crippen molar-refractivity contribution in [2.45, 2.75) is 32.1 Å². The average molecular weight is 326 g/mol. The Hall–Kier alpha value is -2.37. The van der Waals surface area contributed by atoms with E-state index in [-0.39, 0.29) is 5.91 Å². The van der Waals surface area contributed by atoms with Crippen LogP contribution in [0.25, 0.3) is 11.4 Å². The van der Waals surface area contributed by atoms with Gasteiger partial charge in [0.2, 0.25) is 11.9 Å². The molecule has 0 saturated heterocycles. The number of methoxy groups -OCH3 is 1. The van der Waals surface area contributed by atoms with Crippen LogP contribution in [0.2, 0.25) is 0 Å². The Morgan fingerprint density at radius 1 is 1.33 bits per heavy atom. The van der Waals surface area contributed by atoms with Gasteiger partial charge < -0.3 is 4.74 Å². The van der Waals surface area contributed by atoms with Gasteiger partial charge in [0.1, 0.15) is 5.75 Å². The molecule has 6 heteroatoms. The Kier molecular flexibility index (Phi) is 3.96. The lowest BCUT2D eigenvalue weighted by molar-refractivity contribution is -0.117. The zero-order valence-electron chi connectivity index (χ0n) is 13.8. The zero-order valence-corrected chi connectivity index (χ0v) is 13.8. The molecule has 0 unspecified atom stereocenters. The summed E-state index contributed by atoms with van der Waals surface area (Å²) in [5.41, 5.74) is 0.820. The maximum absolute atomic E-state index is 12.3. The Balaban J connectivity index is 1.41. The number of anilines is 1. The number of hydrogen-bond acceptors (Lipinski definition) is 4. The number of nitrogens with zero attached hydrogens (tertiary/aromatic N) is 2. The van der Waals surface area contributed by atoms with Crippen molar-refractivity contribution >= 4 is 11.9 Å². The predicted molar refractivity (Wildman–Crippen MR) is 90.6 cm³/mol. The largest absolute Gasteiger partial charge is 0.496 e. The maximum atomic E-state index is 12.3. The molecule has 2 aromatic rings. The van der Waals surface area contributed by atoms with Crippen molar-refractivity contribution < 1.29 is 9.53 Å². The number of ether oxygens (including phenoxy) is 1. The molecule has 2 aliphatic carbocycles. The first-order valence-corrected chi connectivity index (χ1v) is 8.58. The molecule has 126 valence electrons. The van der Waals surface area contributed by atoms with Gasteiger partial charge in [-0.15, -0.1) is 5.10 Å². The van der Waals surface area contributed by atoms with Crippen LogP contribution in [0.1, 0.15) is 32.1 Å². The Morgan fingerprint density at radius 2 is 2.21 bits per heavy atom. The molecule has 2 fully saturated rings. The van der Waals surface area contributed by atoms with Gasteiger partial charge in [0.25, 0.3) is 0 Å². The Bertz CT molecular complexity index is 742. The van der Waals surface area contributed by atoms with Crippen molar-refractivity contribution in [3.05, 3.63) is 24.3 Å². The van der Waals surface area contributed by atoms with Crippen LogP contribution in [0.15, 0.2) is 24.3 Å². The maximum Gasteiger partial charge on any atom is 0.249 e. The molecule has 1 aromatic carbocycles. The van der Waals surface area contributed by atoms with E-state index in [0.717, 1.165) is 17.4 Å². The minimum atomic E-state index is 0.0122. The van der Waals surface area contributed by atoms with Gasteiger partial charge in [-0.2, -0.15) is 4.98 Å². The number of para-hydroxylation sites is 1. The number of amides is 1. The fourth-order valence-electron chi connectivity index (χ4n) is 4.32. The summed E-state index contributed by atoms with van der Waals surface area (Å²) in [6, 6.07) is 7.58. The standard InChI is InChI=1S/C18H22N4O2/c1-24-15-5-3-2-4-14(15)17-20-18(22-21-17)19-16(23)10-13-9-11-6-7-12(13)8-11/h2-5,11-13H,6-10H2,1H3,(H2,19,20,21,22,23)/t11-,12-,13+/m0/s1. The summed E-state index contributed by atoms with van der Waals surface area (Å²) in [5.74, 6) is 3.78. The van der Waals surface area contributed by atoms with E-state index in [2.05, 4.69) is 20.5 Å². The molecule has 4 rings (SSSR count). The summed E-state index contributed by atoms with van der Waals surface area (Å²) in [6.07, 6.45) is 5.75. The van der Waals surface area contributed by atoms with E-state index in [0.29, 0.717) is 29.9 Å². The fraction of sp³-hybridized carbons (Fsp3) is 0.500. The molecule has 0 spiro atoms. The first-order chi connectivity index (χ1) is 11.7. The van der Waals surface area contributed by atoms with Crippen LogP contribution in [0.3, 0.4) is 0 Å².